The summed E-state index contributed by atoms with van der Waals surface area (Å²) in [6.45, 7) is 5.40. The molecule has 13 heavy (non-hydrogen) atoms. The molecule has 0 aliphatic carbocycles. The van der Waals surface area contributed by atoms with Crippen molar-refractivity contribution in [2.45, 2.75) is 20.4 Å². The monoisotopic (exact) mass is 174 g/mol. The highest BCUT2D eigenvalue weighted by molar-refractivity contribution is 5.20. The van der Waals surface area contributed by atoms with Gasteiger partial charge in [-0.3, -0.25) is 4.98 Å². The number of rotatable bonds is 3. The van der Waals surface area contributed by atoms with Gasteiger partial charge in [0.25, 0.3) is 0 Å². The molecule has 2 heteroatoms. The molecule has 1 N–H and O–H groups in total. The molecule has 68 valence electrons. The highest BCUT2D eigenvalue weighted by atomic mass is 14.9. The largest absolute Gasteiger partial charge is 0.301 e. The van der Waals surface area contributed by atoms with Crippen molar-refractivity contribution in [3.8, 4) is 12.3 Å². The summed E-state index contributed by atoms with van der Waals surface area (Å²) in [6.07, 6.45) is 5.11. The Morgan fingerprint density at radius 3 is 2.85 bits per heavy atom. The summed E-state index contributed by atoms with van der Waals surface area (Å²) >= 11 is 0. The lowest BCUT2D eigenvalue weighted by Gasteiger charge is -2.03. The van der Waals surface area contributed by atoms with Gasteiger partial charge in [-0.2, -0.15) is 0 Å². The van der Waals surface area contributed by atoms with Gasteiger partial charge < -0.3 is 5.32 Å². The van der Waals surface area contributed by atoms with E-state index in [9.17, 15) is 0 Å². The molecule has 1 aromatic rings. The topological polar surface area (TPSA) is 24.9 Å². The summed E-state index contributed by atoms with van der Waals surface area (Å²) in [5, 5.41) is 3.10. The van der Waals surface area contributed by atoms with Crippen LogP contribution in [0.2, 0.25) is 0 Å². The van der Waals surface area contributed by atoms with E-state index >= 15 is 0 Å². The van der Waals surface area contributed by atoms with E-state index in [2.05, 4.69) is 29.2 Å². The summed E-state index contributed by atoms with van der Waals surface area (Å²) in [4.78, 5) is 4.41. The van der Waals surface area contributed by atoms with Crippen molar-refractivity contribution < 1.29 is 0 Å². The molecule has 0 saturated carbocycles. The summed E-state index contributed by atoms with van der Waals surface area (Å²) < 4.78 is 0. The third kappa shape index (κ3) is 2.89. The van der Waals surface area contributed by atoms with Crippen LogP contribution in [0.5, 0.6) is 0 Å². The zero-order valence-electron chi connectivity index (χ0n) is 8.09. The molecule has 0 spiro atoms. The lowest BCUT2D eigenvalue weighted by atomic mass is 10.2. The third-order valence-electron chi connectivity index (χ3n) is 1.94. The average Bonchev–Trinajstić information content (AvgIpc) is 2.12. The van der Waals surface area contributed by atoms with Crippen LogP contribution in [-0.4, -0.2) is 11.5 Å². The van der Waals surface area contributed by atoms with Crippen LogP contribution in [0.25, 0.3) is 0 Å². The van der Waals surface area contributed by atoms with Gasteiger partial charge in [-0.15, -0.1) is 6.42 Å². The standard InChI is InChI=1S/C11H14N2/c1-4-7-12-8-11-6-5-9(2)10(3)13-11/h1,5-6,12H,7-8H2,2-3H3. The van der Waals surface area contributed by atoms with Crippen LogP contribution in [0.1, 0.15) is 17.0 Å². The molecule has 1 aromatic heterocycles. The maximum atomic E-state index is 5.11. The summed E-state index contributed by atoms with van der Waals surface area (Å²) in [6, 6.07) is 4.10. The fourth-order valence-corrected chi connectivity index (χ4v) is 1.04. The minimum atomic E-state index is 0.592. The molecular weight excluding hydrogens is 160 g/mol. The van der Waals surface area contributed by atoms with Gasteiger partial charge in [0.1, 0.15) is 0 Å². The second-order valence-electron chi connectivity index (χ2n) is 3.01. The minimum absolute atomic E-state index is 0.592. The van der Waals surface area contributed by atoms with Gasteiger partial charge in [0.15, 0.2) is 0 Å². The first-order valence-electron chi connectivity index (χ1n) is 4.31. The van der Waals surface area contributed by atoms with Crippen LogP contribution >= 0.6 is 0 Å². The van der Waals surface area contributed by atoms with Gasteiger partial charge in [-0.1, -0.05) is 12.0 Å². The van der Waals surface area contributed by atoms with Crippen LogP contribution in [0.3, 0.4) is 0 Å². The van der Waals surface area contributed by atoms with Crippen molar-refractivity contribution in [2.75, 3.05) is 6.54 Å². The van der Waals surface area contributed by atoms with Crippen molar-refractivity contribution in [1.29, 1.82) is 0 Å². The lowest BCUT2D eigenvalue weighted by molar-refractivity contribution is 0.745. The van der Waals surface area contributed by atoms with Gasteiger partial charge in [-0.25, -0.2) is 0 Å². The van der Waals surface area contributed by atoms with Gasteiger partial charge in [-0.05, 0) is 25.5 Å². The Balaban J connectivity index is 2.59. The van der Waals surface area contributed by atoms with E-state index in [0.29, 0.717) is 6.54 Å². The second kappa shape index (κ2) is 4.64. The van der Waals surface area contributed by atoms with E-state index in [4.69, 9.17) is 6.42 Å². The van der Waals surface area contributed by atoms with E-state index in [1.165, 1.54) is 5.56 Å². The van der Waals surface area contributed by atoms with Crippen LogP contribution in [-0.2, 0) is 6.54 Å². The van der Waals surface area contributed by atoms with Crippen molar-refractivity contribution >= 4 is 0 Å². The molecule has 0 atom stereocenters. The lowest BCUT2D eigenvalue weighted by Crippen LogP contribution is -2.14. The molecule has 0 unspecified atom stereocenters. The molecule has 0 bridgehead atoms. The molecule has 0 aliphatic rings. The zero-order valence-corrected chi connectivity index (χ0v) is 8.09. The Labute approximate surface area is 79.4 Å². The molecule has 0 aliphatic heterocycles. The molecule has 2 nitrogen and oxygen atoms in total. The number of aryl methyl sites for hydroxylation is 2. The van der Waals surface area contributed by atoms with Gasteiger partial charge in [0, 0.05) is 12.2 Å². The fourth-order valence-electron chi connectivity index (χ4n) is 1.04. The Hall–Kier alpha value is -1.33. The molecule has 0 amide bonds. The fraction of sp³-hybridized carbons (Fsp3) is 0.364. The normalized spacial score (nSPS) is 9.62. The van der Waals surface area contributed by atoms with Crippen molar-refractivity contribution in [3.05, 3.63) is 29.1 Å². The first-order chi connectivity index (χ1) is 6.24. The molecular formula is C11H14N2. The predicted octanol–water partition coefficient (Wildman–Crippen LogP) is 1.42. The Bertz CT molecular complexity index is 323. The van der Waals surface area contributed by atoms with E-state index in [1.54, 1.807) is 0 Å². The number of pyridine rings is 1. The highest BCUT2D eigenvalue weighted by Gasteiger charge is 1.96. The van der Waals surface area contributed by atoms with Gasteiger partial charge in [0.05, 0.1) is 12.2 Å². The molecule has 0 fully saturated rings. The van der Waals surface area contributed by atoms with E-state index in [1.807, 2.05) is 13.0 Å². The molecule has 0 radical (unpaired) electrons. The SMILES string of the molecule is C#CCNCc1ccc(C)c(C)n1. The van der Waals surface area contributed by atoms with Gasteiger partial charge in [0.2, 0.25) is 0 Å². The Morgan fingerprint density at radius 1 is 1.46 bits per heavy atom. The predicted molar refractivity (Wildman–Crippen MR) is 54.3 cm³/mol. The third-order valence-corrected chi connectivity index (χ3v) is 1.94. The summed E-state index contributed by atoms with van der Waals surface area (Å²) in [7, 11) is 0. The number of hydrogen-bond donors (Lipinski definition) is 1. The van der Waals surface area contributed by atoms with Crippen LogP contribution in [0.4, 0.5) is 0 Å². The smallest absolute Gasteiger partial charge is 0.0576 e. The van der Waals surface area contributed by atoms with Crippen molar-refractivity contribution in [2.24, 2.45) is 0 Å². The molecule has 0 aromatic carbocycles. The van der Waals surface area contributed by atoms with E-state index in [-0.39, 0.29) is 0 Å². The Morgan fingerprint density at radius 2 is 2.23 bits per heavy atom. The van der Waals surface area contributed by atoms with Crippen molar-refractivity contribution in [3.63, 3.8) is 0 Å². The molecule has 1 rings (SSSR count). The summed E-state index contributed by atoms with van der Waals surface area (Å²) in [5.41, 5.74) is 3.35. The number of aromatic nitrogens is 1. The van der Waals surface area contributed by atoms with E-state index in [0.717, 1.165) is 17.9 Å². The quantitative estimate of drug-likeness (QED) is 0.553. The molecule has 0 saturated heterocycles. The highest BCUT2D eigenvalue weighted by Crippen LogP contribution is 2.04. The first kappa shape index (κ1) is 9.76. The first-order valence-corrected chi connectivity index (χ1v) is 4.31. The maximum Gasteiger partial charge on any atom is 0.0576 e. The van der Waals surface area contributed by atoms with Crippen molar-refractivity contribution in [1.82, 2.24) is 10.3 Å². The minimum Gasteiger partial charge on any atom is -0.301 e. The van der Waals surface area contributed by atoms with Crippen LogP contribution < -0.4 is 5.32 Å². The second-order valence-corrected chi connectivity index (χ2v) is 3.01. The number of nitrogens with one attached hydrogen (secondary N) is 1. The Kier molecular flexibility index (Phi) is 3.48. The number of hydrogen-bond acceptors (Lipinski definition) is 2. The number of nitrogens with zero attached hydrogens (tertiary/aromatic N) is 1. The summed E-state index contributed by atoms with van der Waals surface area (Å²) in [5.74, 6) is 2.53. The van der Waals surface area contributed by atoms with Crippen LogP contribution in [0, 0.1) is 26.2 Å². The van der Waals surface area contributed by atoms with E-state index < -0.39 is 0 Å². The van der Waals surface area contributed by atoms with Crippen LogP contribution in [0.15, 0.2) is 12.1 Å². The maximum absolute atomic E-state index is 5.11. The zero-order chi connectivity index (χ0) is 9.68. The van der Waals surface area contributed by atoms with Gasteiger partial charge >= 0.3 is 0 Å². The average molecular weight is 174 g/mol. The number of terminal acetylenes is 1. The molecule has 1 heterocycles.